The first-order valence-electron chi connectivity index (χ1n) is 7.70. The Bertz CT molecular complexity index is 984. The van der Waals surface area contributed by atoms with Crippen molar-refractivity contribution in [3.63, 3.8) is 0 Å². The van der Waals surface area contributed by atoms with Gasteiger partial charge < -0.3 is 9.32 Å². The summed E-state index contributed by atoms with van der Waals surface area (Å²) in [6.45, 7) is 0. The molecule has 1 aromatic carbocycles. The fraction of sp³-hybridized carbons (Fsp3) is 0.312. The monoisotopic (exact) mass is 398 g/mol. The number of sulfone groups is 1. The minimum absolute atomic E-state index is 0.0176. The van der Waals surface area contributed by atoms with Crippen molar-refractivity contribution in [2.75, 3.05) is 18.6 Å². The lowest BCUT2D eigenvalue weighted by Gasteiger charge is -2.22. The molecule has 2 heterocycles. The first kappa shape index (κ1) is 18.4. The van der Waals surface area contributed by atoms with E-state index in [9.17, 15) is 23.3 Å². The zero-order chi connectivity index (χ0) is 19.1. The van der Waals surface area contributed by atoms with Gasteiger partial charge in [-0.2, -0.15) is 0 Å². The number of benzene rings is 1. The molecule has 0 N–H and O–H groups in total. The molecule has 1 aliphatic heterocycles. The van der Waals surface area contributed by atoms with E-state index in [-0.39, 0.29) is 39.3 Å². The van der Waals surface area contributed by atoms with Crippen molar-refractivity contribution in [1.82, 2.24) is 4.90 Å². The lowest BCUT2D eigenvalue weighted by molar-refractivity contribution is -0.384. The Labute approximate surface area is 154 Å². The number of nitrogens with zero attached hydrogens (tertiary/aromatic N) is 2. The standard InChI is InChI=1S/C16H15ClN2O6S/c1-18(11-6-7-26(23,24)9-11)16(20)15-5-4-14(25-15)12-3-2-10(17)8-13(12)19(21)22/h2-5,8,11H,6-7,9H2,1H3. The Balaban J connectivity index is 1.86. The van der Waals surface area contributed by atoms with Gasteiger partial charge in [-0.3, -0.25) is 14.9 Å². The maximum Gasteiger partial charge on any atom is 0.289 e. The summed E-state index contributed by atoms with van der Waals surface area (Å²) in [6.07, 6.45) is 0.376. The Morgan fingerprint density at radius 1 is 1.35 bits per heavy atom. The van der Waals surface area contributed by atoms with E-state index >= 15 is 0 Å². The van der Waals surface area contributed by atoms with Gasteiger partial charge in [-0.05, 0) is 30.7 Å². The number of hydrogen-bond donors (Lipinski definition) is 0. The summed E-state index contributed by atoms with van der Waals surface area (Å²) < 4.78 is 28.7. The van der Waals surface area contributed by atoms with E-state index in [1.807, 2.05) is 0 Å². The highest BCUT2D eigenvalue weighted by Crippen LogP contribution is 2.33. The number of nitro benzene ring substituents is 1. The van der Waals surface area contributed by atoms with Gasteiger partial charge in [-0.25, -0.2) is 8.42 Å². The third-order valence-electron chi connectivity index (χ3n) is 4.32. The maximum absolute atomic E-state index is 12.5. The van der Waals surface area contributed by atoms with Gasteiger partial charge in [0.15, 0.2) is 15.6 Å². The second kappa shape index (κ2) is 6.73. The third-order valence-corrected chi connectivity index (χ3v) is 6.30. The lowest BCUT2D eigenvalue weighted by atomic mass is 10.1. The fourth-order valence-corrected chi connectivity index (χ4v) is 4.82. The van der Waals surface area contributed by atoms with E-state index in [0.29, 0.717) is 6.42 Å². The number of carbonyl (C=O) groups is 1. The second-order valence-corrected chi connectivity index (χ2v) is 8.72. The van der Waals surface area contributed by atoms with Crippen LogP contribution in [0.25, 0.3) is 11.3 Å². The molecule has 1 atom stereocenters. The Morgan fingerprint density at radius 3 is 2.69 bits per heavy atom. The molecule has 1 fully saturated rings. The minimum atomic E-state index is -3.13. The molecule has 1 saturated heterocycles. The van der Waals surface area contributed by atoms with Crippen LogP contribution >= 0.6 is 11.6 Å². The van der Waals surface area contributed by atoms with Gasteiger partial charge in [0.2, 0.25) is 0 Å². The number of furan rings is 1. The van der Waals surface area contributed by atoms with Crippen molar-refractivity contribution >= 4 is 33.0 Å². The van der Waals surface area contributed by atoms with Crippen molar-refractivity contribution < 1.29 is 22.6 Å². The molecule has 0 spiro atoms. The largest absolute Gasteiger partial charge is 0.451 e. The fourth-order valence-electron chi connectivity index (χ4n) is 2.88. The molecule has 0 aliphatic carbocycles. The SMILES string of the molecule is CN(C(=O)c1ccc(-c2ccc(Cl)cc2[N+](=O)[O-])o1)C1CCS(=O)(=O)C1. The molecule has 0 saturated carbocycles. The summed E-state index contributed by atoms with van der Waals surface area (Å²) in [5.41, 5.74) is -0.0364. The predicted molar refractivity (Wildman–Crippen MR) is 95.0 cm³/mol. The molecule has 138 valence electrons. The first-order valence-corrected chi connectivity index (χ1v) is 9.89. The molecule has 1 aliphatic rings. The summed E-state index contributed by atoms with van der Waals surface area (Å²) in [5, 5.41) is 11.4. The topological polar surface area (TPSA) is 111 Å². The molecule has 1 aromatic heterocycles. The van der Waals surface area contributed by atoms with Gasteiger partial charge in [0, 0.05) is 24.2 Å². The van der Waals surface area contributed by atoms with Crippen LogP contribution in [0.1, 0.15) is 17.0 Å². The molecular formula is C16H15ClN2O6S. The van der Waals surface area contributed by atoms with Gasteiger partial charge >= 0.3 is 0 Å². The first-order chi connectivity index (χ1) is 12.2. The average molecular weight is 399 g/mol. The van der Waals surface area contributed by atoms with Crippen molar-refractivity contribution in [1.29, 1.82) is 0 Å². The molecule has 1 unspecified atom stereocenters. The number of carbonyl (C=O) groups excluding carboxylic acids is 1. The van der Waals surface area contributed by atoms with Crippen molar-refractivity contribution in [2.45, 2.75) is 12.5 Å². The van der Waals surface area contributed by atoms with Gasteiger partial charge in [0.1, 0.15) is 5.76 Å². The highest BCUT2D eigenvalue weighted by molar-refractivity contribution is 7.91. The molecule has 2 aromatic rings. The summed E-state index contributed by atoms with van der Waals surface area (Å²) in [7, 11) is -1.61. The van der Waals surface area contributed by atoms with Crippen LogP contribution in [0.15, 0.2) is 34.7 Å². The molecule has 10 heteroatoms. The number of hydrogen-bond acceptors (Lipinski definition) is 6. The molecule has 26 heavy (non-hydrogen) atoms. The Hall–Kier alpha value is -2.39. The molecule has 3 rings (SSSR count). The van der Waals surface area contributed by atoms with Crippen LogP contribution in [0.5, 0.6) is 0 Å². The number of halogens is 1. The van der Waals surface area contributed by atoms with E-state index < -0.39 is 26.7 Å². The maximum atomic E-state index is 12.5. The van der Waals surface area contributed by atoms with E-state index in [4.69, 9.17) is 16.0 Å². The van der Waals surface area contributed by atoms with E-state index in [1.54, 1.807) is 0 Å². The molecule has 8 nitrogen and oxygen atoms in total. The lowest BCUT2D eigenvalue weighted by Crippen LogP contribution is -2.37. The number of rotatable bonds is 4. The van der Waals surface area contributed by atoms with Crippen LogP contribution in [0.3, 0.4) is 0 Å². The molecular weight excluding hydrogens is 384 g/mol. The third kappa shape index (κ3) is 3.58. The Kier molecular flexibility index (Phi) is 4.76. The van der Waals surface area contributed by atoms with Crippen LogP contribution in [-0.2, 0) is 9.84 Å². The van der Waals surface area contributed by atoms with E-state index in [2.05, 4.69) is 0 Å². The smallest absolute Gasteiger partial charge is 0.289 e. The van der Waals surface area contributed by atoms with Crippen molar-refractivity contribution in [2.24, 2.45) is 0 Å². The normalized spacial score (nSPS) is 18.6. The highest BCUT2D eigenvalue weighted by Gasteiger charge is 2.34. The minimum Gasteiger partial charge on any atom is -0.451 e. The van der Waals surface area contributed by atoms with Crippen LogP contribution < -0.4 is 0 Å². The van der Waals surface area contributed by atoms with Gasteiger partial charge in [0.25, 0.3) is 11.6 Å². The van der Waals surface area contributed by atoms with E-state index in [0.717, 1.165) is 0 Å². The van der Waals surface area contributed by atoms with Crippen LogP contribution in [0.4, 0.5) is 5.69 Å². The zero-order valence-electron chi connectivity index (χ0n) is 13.7. The van der Waals surface area contributed by atoms with Gasteiger partial charge in [-0.1, -0.05) is 11.6 Å². The summed E-state index contributed by atoms with van der Waals surface area (Å²) in [4.78, 5) is 24.5. The van der Waals surface area contributed by atoms with Crippen molar-refractivity contribution in [3.8, 4) is 11.3 Å². The number of amides is 1. The van der Waals surface area contributed by atoms with Crippen LogP contribution in [-0.4, -0.2) is 48.7 Å². The number of nitro groups is 1. The van der Waals surface area contributed by atoms with Gasteiger partial charge in [0.05, 0.1) is 22.0 Å². The molecule has 0 bridgehead atoms. The van der Waals surface area contributed by atoms with Crippen LogP contribution in [0.2, 0.25) is 5.02 Å². The molecule has 0 radical (unpaired) electrons. The van der Waals surface area contributed by atoms with Crippen LogP contribution in [0, 0.1) is 10.1 Å². The Morgan fingerprint density at radius 2 is 2.08 bits per heavy atom. The molecule has 1 amide bonds. The summed E-state index contributed by atoms with van der Waals surface area (Å²) in [6, 6.07) is 6.60. The van der Waals surface area contributed by atoms with E-state index in [1.165, 1.54) is 42.3 Å². The second-order valence-electron chi connectivity index (χ2n) is 6.06. The summed E-state index contributed by atoms with van der Waals surface area (Å²) in [5.74, 6) is -0.364. The predicted octanol–water partition coefficient (Wildman–Crippen LogP) is 2.77. The quantitative estimate of drug-likeness (QED) is 0.578. The average Bonchev–Trinajstić information content (AvgIpc) is 3.20. The van der Waals surface area contributed by atoms with Gasteiger partial charge in [-0.15, -0.1) is 0 Å². The van der Waals surface area contributed by atoms with Crippen molar-refractivity contribution in [3.05, 3.63) is 51.2 Å². The highest BCUT2D eigenvalue weighted by atomic mass is 35.5. The summed E-state index contributed by atoms with van der Waals surface area (Å²) >= 11 is 5.80. The zero-order valence-corrected chi connectivity index (χ0v) is 15.3.